The van der Waals surface area contributed by atoms with Crippen molar-refractivity contribution in [2.45, 2.75) is 6.54 Å². The first-order valence-corrected chi connectivity index (χ1v) is 7.64. The number of nitrogens with one attached hydrogen (secondary N) is 1. The van der Waals surface area contributed by atoms with Crippen LogP contribution in [0.3, 0.4) is 0 Å². The maximum Gasteiger partial charge on any atom is 0.244 e. The van der Waals surface area contributed by atoms with Gasteiger partial charge in [-0.3, -0.25) is 4.79 Å². The van der Waals surface area contributed by atoms with Crippen molar-refractivity contribution in [1.29, 1.82) is 0 Å². The highest BCUT2D eigenvalue weighted by molar-refractivity contribution is 5.91. The first kappa shape index (κ1) is 15.7. The van der Waals surface area contributed by atoms with Crippen molar-refractivity contribution in [3.8, 4) is 5.69 Å². The van der Waals surface area contributed by atoms with Gasteiger partial charge in [0.1, 0.15) is 5.82 Å². The minimum Gasteiger partial charge on any atom is -0.348 e. The first-order chi connectivity index (χ1) is 11.7. The van der Waals surface area contributed by atoms with Crippen molar-refractivity contribution in [3.05, 3.63) is 96.1 Å². The van der Waals surface area contributed by atoms with Crippen molar-refractivity contribution in [1.82, 2.24) is 9.88 Å². The van der Waals surface area contributed by atoms with Gasteiger partial charge in [0.15, 0.2) is 0 Å². The number of benzene rings is 2. The predicted molar refractivity (Wildman–Crippen MR) is 93.0 cm³/mol. The van der Waals surface area contributed by atoms with E-state index in [4.69, 9.17) is 0 Å². The van der Waals surface area contributed by atoms with Gasteiger partial charge < -0.3 is 9.88 Å². The molecule has 3 rings (SSSR count). The van der Waals surface area contributed by atoms with Crippen LogP contribution in [0.4, 0.5) is 4.39 Å². The highest BCUT2D eigenvalue weighted by atomic mass is 19.1. The highest BCUT2D eigenvalue weighted by Gasteiger charge is 1.99. The lowest BCUT2D eigenvalue weighted by atomic mass is 10.2. The SMILES string of the molecule is O=C(/C=C/c1ccc(F)cc1)NCc1ccc(-n2cccc2)cc1. The molecule has 0 aliphatic carbocycles. The predicted octanol–water partition coefficient (Wildman–Crippen LogP) is 3.95. The number of amides is 1. The van der Waals surface area contributed by atoms with Crippen LogP contribution < -0.4 is 5.32 Å². The standard InChI is InChI=1S/C20H17FN2O/c21-18-8-3-16(4-9-18)7-12-20(24)22-15-17-5-10-19(11-6-17)23-13-1-2-14-23/h1-14H,15H2,(H,22,24)/b12-7+. The zero-order chi connectivity index (χ0) is 16.8. The van der Waals surface area contributed by atoms with E-state index >= 15 is 0 Å². The Morgan fingerprint density at radius 1 is 1.00 bits per heavy atom. The number of carbonyl (C=O) groups excluding carboxylic acids is 1. The quantitative estimate of drug-likeness (QED) is 0.710. The van der Waals surface area contributed by atoms with E-state index in [0.29, 0.717) is 6.54 Å². The number of nitrogens with zero attached hydrogens (tertiary/aromatic N) is 1. The molecule has 0 aliphatic rings. The summed E-state index contributed by atoms with van der Waals surface area (Å²) < 4.78 is 14.8. The Morgan fingerprint density at radius 2 is 1.67 bits per heavy atom. The Kier molecular flexibility index (Phi) is 4.87. The van der Waals surface area contributed by atoms with Crippen LogP contribution in [0.25, 0.3) is 11.8 Å². The van der Waals surface area contributed by atoms with Gasteiger partial charge >= 0.3 is 0 Å². The van der Waals surface area contributed by atoms with E-state index in [0.717, 1.165) is 16.8 Å². The summed E-state index contributed by atoms with van der Waals surface area (Å²) in [7, 11) is 0. The average molecular weight is 320 g/mol. The second-order valence-electron chi connectivity index (χ2n) is 5.36. The summed E-state index contributed by atoms with van der Waals surface area (Å²) in [6.45, 7) is 0.457. The Morgan fingerprint density at radius 3 is 2.33 bits per heavy atom. The van der Waals surface area contributed by atoms with Gasteiger partial charge in [-0.25, -0.2) is 4.39 Å². The molecule has 0 fully saturated rings. The molecule has 4 heteroatoms. The van der Waals surface area contributed by atoms with Crippen LogP contribution >= 0.6 is 0 Å². The summed E-state index contributed by atoms with van der Waals surface area (Å²) >= 11 is 0. The topological polar surface area (TPSA) is 34.0 Å². The largest absolute Gasteiger partial charge is 0.348 e. The molecular formula is C20H17FN2O. The van der Waals surface area contributed by atoms with E-state index in [-0.39, 0.29) is 11.7 Å². The van der Waals surface area contributed by atoms with E-state index in [1.807, 2.05) is 53.4 Å². The van der Waals surface area contributed by atoms with Crippen molar-refractivity contribution in [2.24, 2.45) is 0 Å². The van der Waals surface area contributed by atoms with Crippen molar-refractivity contribution in [2.75, 3.05) is 0 Å². The fourth-order valence-corrected chi connectivity index (χ4v) is 2.29. The fraction of sp³-hybridized carbons (Fsp3) is 0.0500. The van der Waals surface area contributed by atoms with Crippen molar-refractivity contribution < 1.29 is 9.18 Å². The van der Waals surface area contributed by atoms with Gasteiger partial charge in [0, 0.05) is 30.7 Å². The number of rotatable bonds is 5. The van der Waals surface area contributed by atoms with Crippen LogP contribution in [-0.2, 0) is 11.3 Å². The van der Waals surface area contributed by atoms with Gasteiger partial charge in [0.25, 0.3) is 0 Å². The molecule has 1 amide bonds. The van der Waals surface area contributed by atoms with E-state index in [1.54, 1.807) is 18.2 Å². The van der Waals surface area contributed by atoms with Gasteiger partial charge in [0.05, 0.1) is 0 Å². The lowest BCUT2D eigenvalue weighted by molar-refractivity contribution is -0.116. The normalized spacial score (nSPS) is 10.9. The summed E-state index contributed by atoms with van der Waals surface area (Å²) in [6.07, 6.45) is 7.07. The molecule has 0 saturated heterocycles. The van der Waals surface area contributed by atoms with E-state index in [2.05, 4.69) is 5.32 Å². The Hall–Kier alpha value is -3.14. The molecule has 3 nitrogen and oxygen atoms in total. The van der Waals surface area contributed by atoms with Crippen LogP contribution in [0.1, 0.15) is 11.1 Å². The number of hydrogen-bond acceptors (Lipinski definition) is 1. The van der Waals surface area contributed by atoms with Gasteiger partial charge in [-0.2, -0.15) is 0 Å². The average Bonchev–Trinajstić information content (AvgIpc) is 3.14. The van der Waals surface area contributed by atoms with Gasteiger partial charge in [-0.1, -0.05) is 24.3 Å². The highest BCUT2D eigenvalue weighted by Crippen LogP contribution is 2.10. The lowest BCUT2D eigenvalue weighted by Crippen LogP contribution is -2.20. The number of hydrogen-bond donors (Lipinski definition) is 1. The lowest BCUT2D eigenvalue weighted by Gasteiger charge is -2.06. The van der Waals surface area contributed by atoms with Crippen LogP contribution in [0.2, 0.25) is 0 Å². The number of halogens is 1. The third-order valence-electron chi connectivity index (χ3n) is 3.60. The second kappa shape index (κ2) is 7.42. The Bertz CT molecular complexity index is 819. The Labute approximate surface area is 140 Å². The minimum absolute atomic E-state index is 0.186. The molecule has 24 heavy (non-hydrogen) atoms. The molecule has 0 bridgehead atoms. The smallest absolute Gasteiger partial charge is 0.244 e. The molecule has 0 atom stereocenters. The molecule has 0 spiro atoms. The number of aromatic nitrogens is 1. The fourth-order valence-electron chi connectivity index (χ4n) is 2.29. The third-order valence-corrected chi connectivity index (χ3v) is 3.60. The van der Waals surface area contributed by atoms with Crippen LogP contribution in [0, 0.1) is 5.82 Å². The molecule has 2 aromatic carbocycles. The maximum absolute atomic E-state index is 12.8. The molecule has 0 radical (unpaired) electrons. The Balaban J connectivity index is 1.53. The molecule has 0 unspecified atom stereocenters. The second-order valence-corrected chi connectivity index (χ2v) is 5.36. The van der Waals surface area contributed by atoms with Crippen molar-refractivity contribution >= 4 is 12.0 Å². The zero-order valence-electron chi connectivity index (χ0n) is 13.0. The van der Waals surface area contributed by atoms with Crippen LogP contribution in [0.15, 0.2) is 79.1 Å². The molecule has 0 aliphatic heterocycles. The molecule has 3 aromatic rings. The molecule has 120 valence electrons. The van der Waals surface area contributed by atoms with Crippen molar-refractivity contribution in [3.63, 3.8) is 0 Å². The molecule has 1 heterocycles. The van der Waals surface area contributed by atoms with Gasteiger partial charge in [0.2, 0.25) is 5.91 Å². The first-order valence-electron chi connectivity index (χ1n) is 7.64. The molecular weight excluding hydrogens is 303 g/mol. The van der Waals surface area contributed by atoms with E-state index in [9.17, 15) is 9.18 Å². The minimum atomic E-state index is -0.292. The third kappa shape index (κ3) is 4.20. The molecule has 1 N–H and O–H groups in total. The van der Waals surface area contributed by atoms with E-state index < -0.39 is 0 Å². The zero-order valence-corrected chi connectivity index (χ0v) is 13.0. The van der Waals surface area contributed by atoms with Crippen LogP contribution in [-0.4, -0.2) is 10.5 Å². The summed E-state index contributed by atoms with van der Waals surface area (Å²) in [5, 5.41) is 2.83. The summed E-state index contributed by atoms with van der Waals surface area (Å²) in [6, 6.07) is 17.9. The summed E-state index contributed by atoms with van der Waals surface area (Å²) in [4.78, 5) is 11.8. The van der Waals surface area contributed by atoms with Gasteiger partial charge in [-0.05, 0) is 53.6 Å². The molecule has 0 saturated carbocycles. The van der Waals surface area contributed by atoms with E-state index in [1.165, 1.54) is 18.2 Å². The summed E-state index contributed by atoms with van der Waals surface area (Å²) in [5.41, 5.74) is 2.88. The summed E-state index contributed by atoms with van der Waals surface area (Å²) in [5.74, 6) is -0.478. The van der Waals surface area contributed by atoms with Gasteiger partial charge in [-0.15, -0.1) is 0 Å². The molecule has 1 aromatic heterocycles. The van der Waals surface area contributed by atoms with Crippen LogP contribution in [0.5, 0.6) is 0 Å². The number of carbonyl (C=O) groups is 1. The monoisotopic (exact) mass is 320 g/mol. The maximum atomic E-state index is 12.8.